The number of carbonyl (C=O) groups is 1. The minimum atomic E-state index is -0.961. The lowest BCUT2D eigenvalue weighted by Crippen LogP contribution is -2.18. The first-order chi connectivity index (χ1) is 18.5. The highest BCUT2D eigenvalue weighted by Crippen LogP contribution is 2.35. The zero-order valence-electron chi connectivity index (χ0n) is 21.2. The summed E-state index contributed by atoms with van der Waals surface area (Å²) in [5.41, 5.74) is 12.3. The fourth-order valence-electron chi connectivity index (χ4n) is 3.50. The van der Waals surface area contributed by atoms with Crippen LogP contribution in [0.5, 0.6) is 11.5 Å². The Morgan fingerprint density at radius 3 is 2.36 bits per heavy atom. The number of ether oxygens (including phenoxy) is 2. The zero-order valence-corrected chi connectivity index (χ0v) is 21.2. The van der Waals surface area contributed by atoms with Gasteiger partial charge in [0.25, 0.3) is 5.97 Å². The number of rotatable bonds is 8. The number of aromatic nitrogens is 4. The van der Waals surface area contributed by atoms with E-state index < -0.39 is 23.5 Å². The van der Waals surface area contributed by atoms with E-state index in [2.05, 4.69) is 20.4 Å². The Balaban J connectivity index is 0.000000983. The van der Waals surface area contributed by atoms with Crippen molar-refractivity contribution in [3.8, 4) is 17.3 Å². The van der Waals surface area contributed by atoms with Crippen LogP contribution in [0.1, 0.15) is 29.9 Å². The van der Waals surface area contributed by atoms with Gasteiger partial charge in [-0.05, 0) is 42.5 Å². The number of nitrogens with one attached hydrogen (secondary N) is 3. The standard InChI is InChI=1S/C23H23FN8O3.C2H4O2/c1-34-17-10-14(15(24)11-18(17)35-2)19(29-13-7-5-12(6-8-13)20(26)27)21-30-23(33)32(31-21)22-16(25)4-3-9-28-22;1-2(3)4/h3-11,19,29H,25H2,1-2H3,(H3,26,27)(H,30,31,33);1H3,(H,3,4)/t19-;/m0./s1. The largest absolute Gasteiger partial charge is 0.493 e. The second kappa shape index (κ2) is 12.2. The second-order valence-electron chi connectivity index (χ2n) is 7.96. The maximum Gasteiger partial charge on any atom is 0.349 e. The van der Waals surface area contributed by atoms with Crippen LogP contribution in [-0.2, 0) is 4.79 Å². The molecular formula is C25H27FN8O5. The lowest BCUT2D eigenvalue weighted by molar-refractivity contribution is -0.134. The number of hydrogen-bond donors (Lipinski definition) is 6. The number of methoxy groups -OCH3 is 2. The number of nitrogens with two attached hydrogens (primary N) is 2. The number of hydrogen-bond acceptors (Lipinski definition) is 9. The predicted octanol–water partition coefficient (Wildman–Crippen LogP) is 2.27. The van der Waals surface area contributed by atoms with Crippen molar-refractivity contribution in [2.45, 2.75) is 13.0 Å². The molecule has 0 fully saturated rings. The normalized spacial score (nSPS) is 11.1. The van der Waals surface area contributed by atoms with E-state index in [4.69, 9.17) is 36.3 Å². The summed E-state index contributed by atoms with van der Waals surface area (Å²) in [6.07, 6.45) is 1.48. The average Bonchev–Trinajstić information content (AvgIpc) is 3.28. The van der Waals surface area contributed by atoms with Crippen LogP contribution in [0.3, 0.4) is 0 Å². The van der Waals surface area contributed by atoms with Gasteiger partial charge in [-0.25, -0.2) is 14.2 Å². The molecule has 0 radical (unpaired) electrons. The summed E-state index contributed by atoms with van der Waals surface area (Å²) in [6.45, 7) is 1.08. The van der Waals surface area contributed by atoms with Crippen LogP contribution >= 0.6 is 0 Å². The molecule has 0 aliphatic heterocycles. The summed E-state index contributed by atoms with van der Waals surface area (Å²) in [5, 5.41) is 22.5. The summed E-state index contributed by atoms with van der Waals surface area (Å²) >= 11 is 0. The van der Waals surface area contributed by atoms with Gasteiger partial charge < -0.3 is 31.4 Å². The van der Waals surface area contributed by atoms with Crippen molar-refractivity contribution in [1.29, 1.82) is 5.41 Å². The van der Waals surface area contributed by atoms with E-state index in [1.165, 1.54) is 32.5 Å². The van der Waals surface area contributed by atoms with E-state index in [1.807, 2.05) is 0 Å². The number of H-pyrrole nitrogens is 1. The number of pyridine rings is 1. The summed E-state index contributed by atoms with van der Waals surface area (Å²) in [5.74, 6) is -0.806. The first-order valence-electron chi connectivity index (χ1n) is 11.3. The zero-order chi connectivity index (χ0) is 28.7. The number of aromatic amines is 1. The molecule has 0 amide bonds. The molecule has 0 aliphatic carbocycles. The van der Waals surface area contributed by atoms with Crippen LogP contribution in [0.4, 0.5) is 15.8 Å². The van der Waals surface area contributed by atoms with Gasteiger partial charge in [-0.2, -0.15) is 4.68 Å². The Kier molecular flexibility index (Phi) is 8.83. The third kappa shape index (κ3) is 6.68. The molecule has 39 heavy (non-hydrogen) atoms. The van der Waals surface area contributed by atoms with Gasteiger partial charge in [0, 0.05) is 36.0 Å². The number of halogens is 1. The van der Waals surface area contributed by atoms with Crippen molar-refractivity contribution >= 4 is 23.2 Å². The number of nitrogens with zero attached hydrogens (tertiary/aromatic N) is 3. The Bertz CT molecular complexity index is 1530. The molecular weight excluding hydrogens is 511 g/mol. The highest BCUT2D eigenvalue weighted by molar-refractivity contribution is 5.95. The molecule has 2 aromatic carbocycles. The molecule has 0 bridgehead atoms. The van der Waals surface area contributed by atoms with E-state index >= 15 is 4.39 Å². The third-order valence-corrected chi connectivity index (χ3v) is 5.25. The van der Waals surface area contributed by atoms with Crippen molar-refractivity contribution in [2.75, 3.05) is 25.3 Å². The lowest BCUT2D eigenvalue weighted by Gasteiger charge is -2.20. The van der Waals surface area contributed by atoms with Gasteiger partial charge >= 0.3 is 5.69 Å². The van der Waals surface area contributed by atoms with Gasteiger partial charge in [0.05, 0.1) is 19.9 Å². The SMILES string of the molecule is CC(=O)O.COc1cc(F)c([C@H](Nc2ccc(C(=N)N)cc2)c2nn(-c3ncccc3N)c(=O)[nH]2)cc1OC. The van der Waals surface area contributed by atoms with E-state index in [9.17, 15) is 4.79 Å². The topological polar surface area (TPSA) is 207 Å². The molecule has 4 rings (SSSR count). The van der Waals surface area contributed by atoms with Crippen LogP contribution in [0.25, 0.3) is 5.82 Å². The molecule has 2 heterocycles. The van der Waals surface area contributed by atoms with Crippen LogP contribution in [0, 0.1) is 11.2 Å². The number of nitrogen functional groups attached to an aromatic ring is 2. The molecule has 0 saturated carbocycles. The minimum absolute atomic E-state index is 0.0879. The van der Waals surface area contributed by atoms with Gasteiger partial charge in [-0.3, -0.25) is 15.2 Å². The van der Waals surface area contributed by atoms with E-state index in [1.54, 1.807) is 36.4 Å². The number of anilines is 2. The molecule has 0 spiro atoms. The Morgan fingerprint density at radius 2 is 1.79 bits per heavy atom. The molecule has 0 unspecified atom stereocenters. The van der Waals surface area contributed by atoms with E-state index in [-0.39, 0.29) is 34.5 Å². The number of amidine groups is 1. The Labute approximate surface area is 221 Å². The molecule has 13 nitrogen and oxygen atoms in total. The quantitative estimate of drug-likeness (QED) is 0.142. The van der Waals surface area contributed by atoms with Crippen molar-refractivity contribution in [3.63, 3.8) is 0 Å². The fraction of sp³-hybridized carbons (Fsp3) is 0.160. The summed E-state index contributed by atoms with van der Waals surface area (Å²) < 4.78 is 26.8. The Morgan fingerprint density at radius 1 is 1.18 bits per heavy atom. The number of carboxylic acids is 1. The monoisotopic (exact) mass is 538 g/mol. The van der Waals surface area contributed by atoms with Crippen molar-refractivity contribution in [1.82, 2.24) is 19.7 Å². The van der Waals surface area contributed by atoms with Crippen molar-refractivity contribution in [2.24, 2.45) is 5.73 Å². The van der Waals surface area contributed by atoms with Crippen LogP contribution < -0.4 is 31.9 Å². The molecule has 204 valence electrons. The van der Waals surface area contributed by atoms with Gasteiger partial charge in [-0.15, -0.1) is 5.10 Å². The van der Waals surface area contributed by atoms with Crippen LogP contribution in [0.2, 0.25) is 0 Å². The minimum Gasteiger partial charge on any atom is -0.493 e. The molecule has 14 heteroatoms. The highest BCUT2D eigenvalue weighted by Gasteiger charge is 2.26. The summed E-state index contributed by atoms with van der Waals surface area (Å²) in [7, 11) is 2.84. The molecule has 0 saturated heterocycles. The molecule has 1 atom stereocenters. The van der Waals surface area contributed by atoms with Gasteiger partial charge in [0.1, 0.15) is 17.7 Å². The number of carboxylic acid groups (broad SMARTS) is 1. The fourth-order valence-corrected chi connectivity index (χ4v) is 3.50. The third-order valence-electron chi connectivity index (χ3n) is 5.25. The van der Waals surface area contributed by atoms with E-state index in [0.29, 0.717) is 17.0 Å². The maximum absolute atomic E-state index is 15.3. The lowest BCUT2D eigenvalue weighted by atomic mass is 10.0. The van der Waals surface area contributed by atoms with Gasteiger partial charge in [-0.1, -0.05) is 0 Å². The summed E-state index contributed by atoms with van der Waals surface area (Å²) in [4.78, 5) is 28.5. The maximum atomic E-state index is 15.3. The number of aliphatic carboxylic acids is 1. The predicted molar refractivity (Wildman–Crippen MR) is 142 cm³/mol. The van der Waals surface area contributed by atoms with Crippen molar-refractivity contribution in [3.05, 3.63) is 88.0 Å². The first-order valence-corrected chi connectivity index (χ1v) is 11.3. The Hall–Kier alpha value is -5.40. The van der Waals surface area contributed by atoms with Crippen molar-refractivity contribution < 1.29 is 23.8 Å². The molecule has 2 aromatic heterocycles. The highest BCUT2D eigenvalue weighted by atomic mass is 19.1. The smallest absolute Gasteiger partial charge is 0.349 e. The second-order valence-corrected chi connectivity index (χ2v) is 7.96. The average molecular weight is 539 g/mol. The summed E-state index contributed by atoms with van der Waals surface area (Å²) in [6, 6.07) is 11.5. The molecule has 0 aliphatic rings. The van der Waals surface area contributed by atoms with Gasteiger partial charge in [0.2, 0.25) is 0 Å². The van der Waals surface area contributed by atoms with Crippen LogP contribution in [-0.4, -0.2) is 50.9 Å². The van der Waals surface area contributed by atoms with Gasteiger partial charge in [0.15, 0.2) is 23.1 Å². The first kappa shape index (κ1) is 28.2. The van der Waals surface area contributed by atoms with Crippen LogP contribution in [0.15, 0.2) is 59.5 Å². The number of benzene rings is 2. The van der Waals surface area contributed by atoms with E-state index in [0.717, 1.165) is 11.6 Å². The molecule has 4 aromatic rings. The molecule has 8 N–H and O–H groups in total.